The number of rotatable bonds is 5. The summed E-state index contributed by atoms with van der Waals surface area (Å²) in [6.45, 7) is 2.56. The maximum atomic E-state index is 12.2. The number of ether oxygens (including phenoxy) is 1. The molecule has 1 amide bonds. The Balaban J connectivity index is 2.03. The highest BCUT2D eigenvalue weighted by atomic mass is 35.5. The molecule has 0 atom stereocenters. The molecule has 1 aliphatic carbocycles. The molecule has 0 spiro atoms. The number of hydrogen-bond acceptors (Lipinski definition) is 2. The summed E-state index contributed by atoms with van der Waals surface area (Å²) in [7, 11) is 0. The zero-order chi connectivity index (χ0) is 13.7. The lowest BCUT2D eigenvalue weighted by Crippen LogP contribution is -2.47. The van der Waals surface area contributed by atoms with Crippen LogP contribution in [0.4, 0.5) is 0 Å². The second-order valence-corrected chi connectivity index (χ2v) is 5.30. The Morgan fingerprint density at radius 3 is 2.47 bits per heavy atom. The van der Waals surface area contributed by atoms with Gasteiger partial charge in [-0.2, -0.15) is 0 Å². The van der Waals surface area contributed by atoms with Crippen LogP contribution in [-0.2, 0) is 0 Å². The van der Waals surface area contributed by atoms with Gasteiger partial charge in [-0.3, -0.25) is 4.79 Å². The van der Waals surface area contributed by atoms with Gasteiger partial charge in [-0.25, -0.2) is 0 Å². The molecule has 0 unspecified atom stereocenters. The fourth-order valence-electron chi connectivity index (χ4n) is 2.53. The monoisotopic (exact) mass is 281 g/mol. The summed E-state index contributed by atoms with van der Waals surface area (Å²) in [6.07, 6.45) is 4.21. The van der Waals surface area contributed by atoms with E-state index in [4.69, 9.17) is 16.3 Å². The minimum atomic E-state index is -0.211. The van der Waals surface area contributed by atoms with Crippen molar-refractivity contribution in [2.75, 3.05) is 12.5 Å². The molecule has 0 heterocycles. The zero-order valence-electron chi connectivity index (χ0n) is 11.2. The molecule has 104 valence electrons. The summed E-state index contributed by atoms with van der Waals surface area (Å²) in [5.41, 5.74) is 0.442. The molecule has 19 heavy (non-hydrogen) atoms. The van der Waals surface area contributed by atoms with Gasteiger partial charge in [0.2, 0.25) is 0 Å². The maximum absolute atomic E-state index is 12.2. The van der Waals surface area contributed by atoms with Gasteiger partial charge in [0.05, 0.1) is 12.1 Å². The number of carbonyl (C=O) groups is 1. The third-order valence-electron chi connectivity index (χ3n) is 3.62. The topological polar surface area (TPSA) is 38.3 Å². The van der Waals surface area contributed by atoms with Crippen LogP contribution in [0.5, 0.6) is 5.75 Å². The minimum Gasteiger partial charge on any atom is -0.494 e. The van der Waals surface area contributed by atoms with E-state index in [1.165, 1.54) is 0 Å². The van der Waals surface area contributed by atoms with Crippen molar-refractivity contribution >= 4 is 17.5 Å². The van der Waals surface area contributed by atoms with E-state index in [1.807, 2.05) is 19.1 Å². The SMILES string of the molecule is CCOc1ccc(C(=O)NC2(CCl)CCCC2)cc1. The Bertz CT molecular complexity index is 424. The smallest absolute Gasteiger partial charge is 0.251 e. The normalized spacial score (nSPS) is 17.2. The van der Waals surface area contributed by atoms with Gasteiger partial charge in [-0.1, -0.05) is 12.8 Å². The van der Waals surface area contributed by atoms with Crippen LogP contribution in [0.25, 0.3) is 0 Å². The van der Waals surface area contributed by atoms with E-state index in [0.29, 0.717) is 18.1 Å². The fraction of sp³-hybridized carbons (Fsp3) is 0.533. The van der Waals surface area contributed by atoms with E-state index < -0.39 is 0 Å². The summed E-state index contributed by atoms with van der Waals surface area (Å²) in [5.74, 6) is 1.22. The van der Waals surface area contributed by atoms with E-state index in [1.54, 1.807) is 12.1 Å². The van der Waals surface area contributed by atoms with Gasteiger partial charge in [0.1, 0.15) is 5.75 Å². The second-order valence-electron chi connectivity index (χ2n) is 5.03. The lowest BCUT2D eigenvalue weighted by atomic mass is 9.99. The van der Waals surface area contributed by atoms with Gasteiger partial charge in [0, 0.05) is 11.4 Å². The van der Waals surface area contributed by atoms with E-state index in [0.717, 1.165) is 31.4 Å². The molecule has 1 aliphatic rings. The first-order valence-electron chi connectivity index (χ1n) is 6.80. The Morgan fingerprint density at radius 1 is 1.32 bits per heavy atom. The Morgan fingerprint density at radius 2 is 1.95 bits per heavy atom. The minimum absolute atomic E-state index is 0.0504. The summed E-state index contributed by atoms with van der Waals surface area (Å²) in [4.78, 5) is 12.2. The van der Waals surface area contributed by atoms with Crippen molar-refractivity contribution in [3.63, 3.8) is 0 Å². The summed E-state index contributed by atoms with van der Waals surface area (Å²) in [6, 6.07) is 7.22. The number of benzene rings is 1. The highest BCUT2D eigenvalue weighted by Crippen LogP contribution is 2.31. The van der Waals surface area contributed by atoms with Crippen molar-refractivity contribution in [3.05, 3.63) is 29.8 Å². The Hall–Kier alpha value is -1.22. The van der Waals surface area contributed by atoms with Crippen LogP contribution in [-0.4, -0.2) is 23.9 Å². The van der Waals surface area contributed by atoms with Crippen molar-refractivity contribution in [2.24, 2.45) is 0 Å². The Kier molecular flexibility index (Phi) is 4.70. The van der Waals surface area contributed by atoms with Crippen molar-refractivity contribution < 1.29 is 9.53 Å². The average molecular weight is 282 g/mol. The molecule has 1 fully saturated rings. The molecule has 1 aromatic carbocycles. The molecule has 0 radical (unpaired) electrons. The number of amides is 1. The average Bonchev–Trinajstić information content (AvgIpc) is 2.89. The van der Waals surface area contributed by atoms with Gasteiger partial charge >= 0.3 is 0 Å². The predicted molar refractivity (Wildman–Crippen MR) is 77.0 cm³/mol. The van der Waals surface area contributed by atoms with Gasteiger partial charge in [-0.15, -0.1) is 11.6 Å². The fourth-order valence-corrected chi connectivity index (χ4v) is 2.86. The lowest BCUT2D eigenvalue weighted by Gasteiger charge is -2.27. The highest BCUT2D eigenvalue weighted by molar-refractivity contribution is 6.19. The zero-order valence-corrected chi connectivity index (χ0v) is 12.0. The van der Waals surface area contributed by atoms with E-state index in [9.17, 15) is 4.79 Å². The van der Waals surface area contributed by atoms with E-state index in [2.05, 4.69) is 5.32 Å². The predicted octanol–water partition coefficient (Wildman–Crippen LogP) is 3.37. The maximum Gasteiger partial charge on any atom is 0.251 e. The standard InChI is InChI=1S/C15H20ClNO2/c1-2-19-13-7-5-12(6-8-13)14(18)17-15(11-16)9-3-4-10-15/h5-8H,2-4,9-11H2,1H3,(H,17,18). The molecule has 0 aliphatic heterocycles. The van der Waals surface area contributed by atoms with Gasteiger partial charge in [0.15, 0.2) is 0 Å². The molecule has 1 saturated carbocycles. The molecule has 1 N–H and O–H groups in total. The molecule has 1 aromatic rings. The summed E-state index contributed by atoms with van der Waals surface area (Å²) in [5, 5.41) is 3.10. The number of nitrogens with one attached hydrogen (secondary N) is 1. The number of halogens is 1. The van der Waals surface area contributed by atoms with Crippen LogP contribution in [0.3, 0.4) is 0 Å². The van der Waals surface area contributed by atoms with Crippen molar-refractivity contribution in [2.45, 2.75) is 38.1 Å². The van der Waals surface area contributed by atoms with Crippen LogP contribution in [0.2, 0.25) is 0 Å². The lowest BCUT2D eigenvalue weighted by molar-refractivity contribution is 0.0909. The quantitative estimate of drug-likeness (QED) is 0.841. The van der Waals surface area contributed by atoms with Crippen LogP contribution in [0.1, 0.15) is 43.0 Å². The molecule has 0 aromatic heterocycles. The van der Waals surface area contributed by atoms with Crippen LogP contribution in [0.15, 0.2) is 24.3 Å². The third kappa shape index (κ3) is 3.41. The summed E-state index contributed by atoms with van der Waals surface area (Å²) >= 11 is 6.03. The molecule has 0 saturated heterocycles. The van der Waals surface area contributed by atoms with Crippen molar-refractivity contribution in [1.82, 2.24) is 5.32 Å². The third-order valence-corrected chi connectivity index (χ3v) is 4.13. The highest BCUT2D eigenvalue weighted by Gasteiger charge is 2.34. The van der Waals surface area contributed by atoms with E-state index >= 15 is 0 Å². The number of carbonyl (C=O) groups excluding carboxylic acids is 1. The number of alkyl halides is 1. The summed E-state index contributed by atoms with van der Waals surface area (Å²) < 4.78 is 5.36. The first-order valence-corrected chi connectivity index (χ1v) is 7.34. The van der Waals surface area contributed by atoms with E-state index in [-0.39, 0.29) is 11.4 Å². The molecular formula is C15H20ClNO2. The second kappa shape index (κ2) is 6.29. The number of hydrogen-bond donors (Lipinski definition) is 1. The largest absolute Gasteiger partial charge is 0.494 e. The molecule has 0 bridgehead atoms. The van der Waals surface area contributed by atoms with Gasteiger partial charge in [-0.05, 0) is 44.0 Å². The van der Waals surface area contributed by atoms with Gasteiger partial charge in [0.25, 0.3) is 5.91 Å². The molecule has 4 heteroatoms. The van der Waals surface area contributed by atoms with Crippen molar-refractivity contribution in [3.8, 4) is 5.75 Å². The van der Waals surface area contributed by atoms with Gasteiger partial charge < -0.3 is 10.1 Å². The van der Waals surface area contributed by atoms with Crippen LogP contribution < -0.4 is 10.1 Å². The molecular weight excluding hydrogens is 262 g/mol. The van der Waals surface area contributed by atoms with Crippen LogP contribution in [0, 0.1) is 0 Å². The first-order chi connectivity index (χ1) is 9.19. The molecule has 2 rings (SSSR count). The first kappa shape index (κ1) is 14.2. The van der Waals surface area contributed by atoms with Crippen LogP contribution >= 0.6 is 11.6 Å². The Labute approximate surface area is 119 Å². The van der Waals surface area contributed by atoms with Crippen molar-refractivity contribution in [1.29, 1.82) is 0 Å². The molecule has 3 nitrogen and oxygen atoms in total.